The summed E-state index contributed by atoms with van der Waals surface area (Å²) in [6, 6.07) is 0. The van der Waals surface area contributed by atoms with E-state index in [-0.39, 0.29) is 0 Å². The minimum Gasteiger partial charge on any atom is -0.520 e. The van der Waals surface area contributed by atoms with Crippen molar-refractivity contribution in [1.82, 2.24) is 0 Å². The summed E-state index contributed by atoms with van der Waals surface area (Å²) in [6.45, 7) is 13.3. The van der Waals surface area contributed by atoms with Gasteiger partial charge in [-0.1, -0.05) is 6.92 Å². The number of ether oxygens (including phenoxy) is 1. The van der Waals surface area contributed by atoms with Gasteiger partial charge in [0.15, 0.2) is 0 Å². The van der Waals surface area contributed by atoms with Crippen LogP contribution in [-0.2, 0) is 9.16 Å². The van der Waals surface area contributed by atoms with E-state index >= 15 is 0 Å². The number of hydrogen-bond acceptors (Lipinski definition) is 2. The monoisotopic (exact) mass is 202 g/mol. The van der Waals surface area contributed by atoms with Crippen LogP contribution in [0.3, 0.4) is 0 Å². The van der Waals surface area contributed by atoms with E-state index in [1.165, 1.54) is 5.57 Å². The predicted octanol–water partition coefficient (Wildman–Crippen LogP) is 3.52. The van der Waals surface area contributed by atoms with Crippen LogP contribution in [0.15, 0.2) is 11.5 Å². The van der Waals surface area contributed by atoms with Crippen LogP contribution in [-0.4, -0.2) is 14.9 Å². The summed E-state index contributed by atoms with van der Waals surface area (Å²) in [5.74, 6) is 0.754. The fourth-order valence-corrected chi connectivity index (χ4v) is 1.58. The molecule has 0 saturated carbocycles. The molecular weight excluding hydrogens is 180 g/mol. The smallest absolute Gasteiger partial charge is 0.264 e. The molecule has 0 amide bonds. The fraction of sp³-hybridized carbons (Fsp3) is 0.800. The highest BCUT2D eigenvalue weighted by Gasteiger charge is 2.19. The normalized spacial score (nSPS) is 13.7. The first-order valence-corrected chi connectivity index (χ1v) is 8.33. The van der Waals surface area contributed by atoms with Crippen molar-refractivity contribution >= 4 is 8.32 Å². The van der Waals surface area contributed by atoms with E-state index < -0.39 is 8.32 Å². The van der Waals surface area contributed by atoms with Gasteiger partial charge in [-0.25, -0.2) is 0 Å². The van der Waals surface area contributed by atoms with Crippen LogP contribution >= 0.6 is 0 Å². The highest BCUT2D eigenvalue weighted by atomic mass is 28.4. The Balaban J connectivity index is 4.44. The third-order valence-electron chi connectivity index (χ3n) is 1.55. The van der Waals surface area contributed by atoms with Crippen molar-refractivity contribution in [3.05, 3.63) is 11.5 Å². The molecule has 13 heavy (non-hydrogen) atoms. The molecule has 0 aliphatic heterocycles. The van der Waals surface area contributed by atoms with Gasteiger partial charge in [0.1, 0.15) is 0 Å². The molecule has 0 heterocycles. The lowest BCUT2D eigenvalue weighted by Gasteiger charge is -2.22. The Kier molecular flexibility index (Phi) is 5.14. The summed E-state index contributed by atoms with van der Waals surface area (Å²) >= 11 is 0. The maximum absolute atomic E-state index is 5.83. The molecule has 78 valence electrons. The number of rotatable bonds is 5. The Hall–Kier alpha value is -0.443. The zero-order valence-electron chi connectivity index (χ0n) is 9.73. The Morgan fingerprint density at radius 1 is 1.15 bits per heavy atom. The van der Waals surface area contributed by atoms with E-state index in [1.807, 2.05) is 6.92 Å². The molecule has 0 aromatic carbocycles. The van der Waals surface area contributed by atoms with Crippen molar-refractivity contribution in [1.29, 1.82) is 0 Å². The predicted molar refractivity (Wildman–Crippen MR) is 59.0 cm³/mol. The highest BCUT2D eigenvalue weighted by Crippen LogP contribution is 2.17. The SMILES string of the molecule is CCOC(O[Si](C)(C)C)=C(C)CC. The lowest BCUT2D eigenvalue weighted by Crippen LogP contribution is -2.26. The molecule has 0 fully saturated rings. The van der Waals surface area contributed by atoms with E-state index in [0.717, 1.165) is 12.4 Å². The van der Waals surface area contributed by atoms with Gasteiger partial charge in [-0.05, 0) is 39.9 Å². The molecule has 0 spiro atoms. The molecule has 0 aliphatic rings. The molecule has 0 aromatic rings. The Morgan fingerprint density at radius 2 is 1.69 bits per heavy atom. The van der Waals surface area contributed by atoms with E-state index in [9.17, 15) is 0 Å². The zero-order chi connectivity index (χ0) is 10.5. The minimum absolute atomic E-state index is 0.678. The maximum atomic E-state index is 5.83. The third kappa shape index (κ3) is 5.74. The zero-order valence-corrected chi connectivity index (χ0v) is 10.7. The molecule has 0 aromatic heterocycles. The van der Waals surface area contributed by atoms with Crippen LogP contribution < -0.4 is 0 Å². The average molecular weight is 202 g/mol. The van der Waals surface area contributed by atoms with Gasteiger partial charge in [-0.3, -0.25) is 0 Å². The summed E-state index contributed by atoms with van der Waals surface area (Å²) in [5, 5.41) is 0. The highest BCUT2D eigenvalue weighted by molar-refractivity contribution is 6.70. The van der Waals surface area contributed by atoms with Crippen molar-refractivity contribution in [2.24, 2.45) is 0 Å². The van der Waals surface area contributed by atoms with Gasteiger partial charge in [0, 0.05) is 5.57 Å². The molecule has 0 aliphatic carbocycles. The average Bonchev–Trinajstić information content (AvgIpc) is 2.00. The van der Waals surface area contributed by atoms with Gasteiger partial charge in [0.2, 0.25) is 8.32 Å². The molecule has 0 rings (SSSR count). The summed E-state index contributed by atoms with van der Waals surface area (Å²) in [5.41, 5.74) is 1.20. The molecule has 0 bridgehead atoms. The first kappa shape index (κ1) is 12.6. The van der Waals surface area contributed by atoms with Crippen LogP contribution in [0.1, 0.15) is 27.2 Å². The topological polar surface area (TPSA) is 18.5 Å². The van der Waals surface area contributed by atoms with Gasteiger partial charge in [-0.15, -0.1) is 0 Å². The first-order chi connectivity index (χ1) is 5.90. The Bertz CT molecular complexity index is 180. The molecule has 0 radical (unpaired) electrons. The Labute approximate surface area is 83.1 Å². The van der Waals surface area contributed by atoms with Crippen molar-refractivity contribution in [2.75, 3.05) is 6.61 Å². The van der Waals surface area contributed by atoms with Crippen molar-refractivity contribution in [2.45, 2.75) is 46.8 Å². The molecule has 0 N–H and O–H groups in total. The summed E-state index contributed by atoms with van der Waals surface area (Å²) < 4.78 is 11.3. The van der Waals surface area contributed by atoms with Crippen LogP contribution in [0.5, 0.6) is 0 Å². The summed E-state index contributed by atoms with van der Waals surface area (Å²) in [7, 11) is -1.52. The molecule has 0 saturated heterocycles. The first-order valence-electron chi connectivity index (χ1n) is 4.92. The second-order valence-corrected chi connectivity index (χ2v) is 8.50. The van der Waals surface area contributed by atoms with E-state index in [2.05, 4.69) is 33.5 Å². The lowest BCUT2D eigenvalue weighted by molar-refractivity contribution is 0.107. The van der Waals surface area contributed by atoms with Gasteiger partial charge < -0.3 is 9.16 Å². The largest absolute Gasteiger partial charge is 0.520 e. The number of hydrogen-bond donors (Lipinski definition) is 0. The fourth-order valence-electron chi connectivity index (χ4n) is 0.793. The van der Waals surface area contributed by atoms with Gasteiger partial charge in [0.05, 0.1) is 6.61 Å². The second-order valence-electron chi connectivity index (χ2n) is 4.07. The quantitative estimate of drug-likeness (QED) is 0.501. The van der Waals surface area contributed by atoms with Crippen LogP contribution in [0.25, 0.3) is 0 Å². The molecule has 3 heteroatoms. The minimum atomic E-state index is -1.52. The number of allylic oxidation sites excluding steroid dienone is 1. The van der Waals surface area contributed by atoms with Crippen LogP contribution in [0, 0.1) is 0 Å². The lowest BCUT2D eigenvalue weighted by atomic mass is 10.2. The maximum Gasteiger partial charge on any atom is 0.264 e. The molecule has 0 atom stereocenters. The van der Waals surface area contributed by atoms with Gasteiger partial charge in [-0.2, -0.15) is 0 Å². The molecule has 2 nitrogen and oxygen atoms in total. The van der Waals surface area contributed by atoms with Crippen molar-refractivity contribution < 1.29 is 9.16 Å². The summed E-state index contributed by atoms with van der Waals surface area (Å²) in [6.07, 6.45) is 0.986. The van der Waals surface area contributed by atoms with Crippen LogP contribution in [0.2, 0.25) is 19.6 Å². The second kappa shape index (κ2) is 5.32. The van der Waals surface area contributed by atoms with Crippen molar-refractivity contribution in [3.63, 3.8) is 0 Å². The van der Waals surface area contributed by atoms with Gasteiger partial charge >= 0.3 is 0 Å². The molecule has 0 unspecified atom stereocenters. The Morgan fingerprint density at radius 3 is 2.00 bits per heavy atom. The van der Waals surface area contributed by atoms with Crippen LogP contribution in [0.4, 0.5) is 0 Å². The van der Waals surface area contributed by atoms with Crippen molar-refractivity contribution in [3.8, 4) is 0 Å². The summed E-state index contributed by atoms with van der Waals surface area (Å²) in [4.78, 5) is 0. The van der Waals surface area contributed by atoms with E-state index in [4.69, 9.17) is 9.16 Å². The third-order valence-corrected chi connectivity index (χ3v) is 2.35. The van der Waals surface area contributed by atoms with E-state index in [0.29, 0.717) is 6.61 Å². The van der Waals surface area contributed by atoms with Gasteiger partial charge in [0.25, 0.3) is 5.95 Å². The van der Waals surface area contributed by atoms with E-state index in [1.54, 1.807) is 0 Å². The molecular formula is C10H22O2Si. The standard InChI is InChI=1S/C10H22O2Si/c1-7-9(3)10(11-8-2)12-13(4,5)6/h7-8H2,1-6H3.